The Morgan fingerprint density at radius 3 is 2.64 bits per heavy atom. The van der Waals surface area contributed by atoms with Gasteiger partial charge < -0.3 is 26.8 Å². The first-order valence-electron chi connectivity index (χ1n) is 9.84. The van der Waals surface area contributed by atoms with E-state index >= 15 is 0 Å². The average molecular weight is 467 g/mol. The molecule has 0 spiro atoms. The standard InChI is InChI=1S/C20H24F3N7O2.CH4/c1-2-32-18-14(11-25)16(29-19(26)30-18)28-15(8-3-4-9-24)17(31)27-13-7-5-6-12(10-13)20(21,22)23;/h5-7,10,15H,2-4,8-9,24H2,1H3,(H,27,31)(H3,26,28,29,30);1H4/t15-;/m1./s1. The molecule has 0 bridgehead atoms. The number of anilines is 3. The third-order valence-corrected chi connectivity index (χ3v) is 4.32. The molecule has 6 N–H and O–H groups in total. The monoisotopic (exact) mass is 467 g/mol. The molecular formula is C21H28F3N7O2. The van der Waals surface area contributed by atoms with Crippen molar-refractivity contribution in [2.75, 3.05) is 29.5 Å². The van der Waals surface area contributed by atoms with E-state index in [1.165, 1.54) is 12.1 Å². The van der Waals surface area contributed by atoms with Crippen LogP contribution in [0.15, 0.2) is 24.3 Å². The van der Waals surface area contributed by atoms with Crippen LogP contribution in [0.4, 0.5) is 30.6 Å². The molecule has 9 nitrogen and oxygen atoms in total. The van der Waals surface area contributed by atoms with Crippen LogP contribution in [0.2, 0.25) is 0 Å². The number of ether oxygens (including phenoxy) is 1. The summed E-state index contributed by atoms with van der Waals surface area (Å²) in [6.07, 6.45) is -3.10. The Balaban J connectivity index is 0.00000544. The highest BCUT2D eigenvalue weighted by atomic mass is 19.4. The summed E-state index contributed by atoms with van der Waals surface area (Å²) in [4.78, 5) is 20.8. The molecule has 1 aromatic heterocycles. The lowest BCUT2D eigenvalue weighted by Gasteiger charge is -2.20. The molecule has 2 aromatic rings. The number of halogens is 3. The van der Waals surface area contributed by atoms with E-state index in [4.69, 9.17) is 16.2 Å². The number of rotatable bonds is 10. The Labute approximate surface area is 190 Å². The molecule has 1 heterocycles. The molecule has 0 aliphatic carbocycles. The first-order valence-corrected chi connectivity index (χ1v) is 9.84. The van der Waals surface area contributed by atoms with Crippen LogP contribution < -0.4 is 26.8 Å². The van der Waals surface area contributed by atoms with Gasteiger partial charge in [-0.2, -0.15) is 28.4 Å². The van der Waals surface area contributed by atoms with Crippen molar-refractivity contribution in [3.05, 3.63) is 35.4 Å². The van der Waals surface area contributed by atoms with Crippen LogP contribution in [0.5, 0.6) is 5.88 Å². The largest absolute Gasteiger partial charge is 0.477 e. The van der Waals surface area contributed by atoms with Gasteiger partial charge in [0.15, 0.2) is 11.4 Å². The highest BCUT2D eigenvalue weighted by molar-refractivity contribution is 5.96. The number of hydrogen-bond acceptors (Lipinski definition) is 8. The van der Waals surface area contributed by atoms with E-state index in [1.54, 1.807) is 6.92 Å². The molecule has 1 aromatic carbocycles. The molecule has 180 valence electrons. The number of aromatic nitrogens is 2. The predicted octanol–water partition coefficient (Wildman–Crippen LogP) is 3.53. The first-order chi connectivity index (χ1) is 15.2. The number of hydrogen-bond donors (Lipinski definition) is 4. The van der Waals surface area contributed by atoms with Crippen molar-refractivity contribution in [2.24, 2.45) is 5.73 Å². The molecule has 0 saturated carbocycles. The number of nitriles is 1. The number of benzene rings is 1. The topological polar surface area (TPSA) is 152 Å². The lowest BCUT2D eigenvalue weighted by Crippen LogP contribution is -2.35. The predicted molar refractivity (Wildman–Crippen MR) is 119 cm³/mol. The van der Waals surface area contributed by atoms with Gasteiger partial charge in [-0.3, -0.25) is 4.79 Å². The van der Waals surface area contributed by atoms with E-state index in [0.29, 0.717) is 19.4 Å². The Morgan fingerprint density at radius 2 is 2.03 bits per heavy atom. The van der Waals surface area contributed by atoms with Crippen LogP contribution >= 0.6 is 0 Å². The van der Waals surface area contributed by atoms with Crippen molar-refractivity contribution in [3.8, 4) is 11.9 Å². The molecule has 0 saturated heterocycles. The number of nitrogens with one attached hydrogen (secondary N) is 2. The normalized spacial score (nSPS) is 11.6. The van der Waals surface area contributed by atoms with Gasteiger partial charge in [0.25, 0.3) is 0 Å². The van der Waals surface area contributed by atoms with Crippen molar-refractivity contribution < 1.29 is 22.7 Å². The van der Waals surface area contributed by atoms with Crippen LogP contribution in [-0.4, -0.2) is 35.1 Å². The van der Waals surface area contributed by atoms with Gasteiger partial charge in [-0.15, -0.1) is 0 Å². The maximum atomic E-state index is 13.0. The van der Waals surface area contributed by atoms with Gasteiger partial charge >= 0.3 is 6.18 Å². The maximum absolute atomic E-state index is 13.0. The summed E-state index contributed by atoms with van der Waals surface area (Å²) in [6.45, 7) is 2.32. The lowest BCUT2D eigenvalue weighted by atomic mass is 10.1. The Kier molecular flexibility index (Phi) is 10.4. The molecular weight excluding hydrogens is 439 g/mol. The number of alkyl halides is 3. The van der Waals surface area contributed by atoms with Crippen LogP contribution in [0.3, 0.4) is 0 Å². The fourth-order valence-corrected chi connectivity index (χ4v) is 2.83. The molecule has 0 aliphatic heterocycles. The highest BCUT2D eigenvalue weighted by Gasteiger charge is 2.31. The molecule has 1 atom stereocenters. The van der Waals surface area contributed by atoms with E-state index in [0.717, 1.165) is 12.1 Å². The van der Waals surface area contributed by atoms with E-state index in [2.05, 4.69) is 20.6 Å². The summed E-state index contributed by atoms with van der Waals surface area (Å²) in [5.74, 6) is -0.835. The van der Waals surface area contributed by atoms with Crippen molar-refractivity contribution in [2.45, 2.75) is 45.8 Å². The molecule has 33 heavy (non-hydrogen) atoms. The van der Waals surface area contributed by atoms with Crippen molar-refractivity contribution in [3.63, 3.8) is 0 Å². The summed E-state index contributed by atoms with van der Waals surface area (Å²) < 4.78 is 44.2. The lowest BCUT2D eigenvalue weighted by molar-refractivity contribution is -0.137. The third-order valence-electron chi connectivity index (χ3n) is 4.32. The summed E-state index contributed by atoms with van der Waals surface area (Å²) >= 11 is 0. The zero-order valence-corrected chi connectivity index (χ0v) is 17.4. The third kappa shape index (κ3) is 7.80. The van der Waals surface area contributed by atoms with Gasteiger partial charge in [-0.25, -0.2) is 0 Å². The Hall–Kier alpha value is -3.59. The van der Waals surface area contributed by atoms with E-state index < -0.39 is 23.7 Å². The molecule has 0 unspecified atom stereocenters. The van der Waals surface area contributed by atoms with Gasteiger partial charge in [0.1, 0.15) is 12.1 Å². The second-order valence-corrected chi connectivity index (χ2v) is 6.70. The van der Waals surface area contributed by atoms with Crippen molar-refractivity contribution >= 4 is 23.4 Å². The minimum absolute atomic E-state index is 0. The quantitative estimate of drug-likeness (QED) is 0.387. The zero-order valence-electron chi connectivity index (χ0n) is 17.4. The van der Waals surface area contributed by atoms with Crippen LogP contribution in [-0.2, 0) is 11.0 Å². The molecule has 2 rings (SSSR count). The van der Waals surface area contributed by atoms with Gasteiger partial charge in [0, 0.05) is 5.69 Å². The second-order valence-electron chi connectivity index (χ2n) is 6.70. The van der Waals surface area contributed by atoms with Gasteiger partial charge in [0.2, 0.25) is 17.7 Å². The summed E-state index contributed by atoms with van der Waals surface area (Å²) in [5, 5.41) is 14.8. The van der Waals surface area contributed by atoms with Gasteiger partial charge in [-0.1, -0.05) is 13.5 Å². The van der Waals surface area contributed by atoms with Crippen LogP contribution in [0, 0.1) is 11.3 Å². The number of nitrogen functional groups attached to an aromatic ring is 1. The van der Waals surface area contributed by atoms with E-state index in [-0.39, 0.29) is 49.4 Å². The number of amides is 1. The summed E-state index contributed by atoms with van der Waals surface area (Å²) in [6, 6.07) is 5.27. The maximum Gasteiger partial charge on any atom is 0.416 e. The van der Waals surface area contributed by atoms with Gasteiger partial charge in [-0.05, 0) is 50.9 Å². The van der Waals surface area contributed by atoms with E-state index in [9.17, 15) is 23.2 Å². The fraction of sp³-hybridized carbons (Fsp3) is 0.429. The number of nitrogens with two attached hydrogens (primary N) is 2. The minimum atomic E-state index is -4.55. The van der Waals surface area contributed by atoms with Crippen LogP contribution in [0.1, 0.15) is 44.7 Å². The SMILES string of the molecule is C.CCOc1nc(N)nc(N[C@H](CCCCN)C(=O)Nc2cccc(C(F)(F)F)c2)c1C#N. The average Bonchev–Trinajstić information content (AvgIpc) is 2.73. The molecule has 12 heteroatoms. The molecule has 0 aliphatic rings. The Morgan fingerprint density at radius 1 is 1.30 bits per heavy atom. The molecule has 1 amide bonds. The van der Waals surface area contributed by atoms with E-state index in [1.807, 2.05) is 6.07 Å². The molecule has 0 radical (unpaired) electrons. The van der Waals surface area contributed by atoms with Crippen molar-refractivity contribution in [1.82, 2.24) is 9.97 Å². The number of carbonyl (C=O) groups excluding carboxylic acids is 1. The zero-order chi connectivity index (χ0) is 23.7. The first kappa shape index (κ1) is 27.4. The fourth-order valence-electron chi connectivity index (χ4n) is 2.83. The second kappa shape index (κ2) is 12.4. The van der Waals surface area contributed by atoms with Gasteiger partial charge in [0.05, 0.1) is 12.2 Å². The number of unbranched alkanes of at least 4 members (excludes halogenated alkanes) is 1. The van der Waals surface area contributed by atoms with Crippen LogP contribution in [0.25, 0.3) is 0 Å². The Bertz CT molecular complexity index is 977. The smallest absolute Gasteiger partial charge is 0.416 e. The number of carbonyl (C=O) groups is 1. The molecule has 0 fully saturated rings. The highest BCUT2D eigenvalue weighted by Crippen LogP contribution is 2.31. The summed E-state index contributed by atoms with van der Waals surface area (Å²) in [7, 11) is 0. The number of nitrogens with zero attached hydrogens (tertiary/aromatic N) is 3. The van der Waals surface area contributed by atoms with Crippen molar-refractivity contribution in [1.29, 1.82) is 5.26 Å². The summed E-state index contributed by atoms with van der Waals surface area (Å²) in [5.41, 5.74) is 10.3. The minimum Gasteiger partial charge on any atom is -0.477 e.